The van der Waals surface area contributed by atoms with Gasteiger partial charge in [0.1, 0.15) is 0 Å². The molecule has 4 heteroatoms. The summed E-state index contributed by atoms with van der Waals surface area (Å²) in [6.45, 7) is 5.40. The molecule has 1 N–H and O–H groups in total. The Balaban J connectivity index is 2.35. The van der Waals surface area contributed by atoms with E-state index in [0.717, 1.165) is 23.1 Å². The van der Waals surface area contributed by atoms with Crippen molar-refractivity contribution in [3.63, 3.8) is 0 Å². The molecule has 0 bridgehead atoms. The van der Waals surface area contributed by atoms with E-state index in [1.165, 1.54) is 5.56 Å². The van der Waals surface area contributed by atoms with Gasteiger partial charge in [0.05, 0.1) is 12.0 Å². The molecule has 0 spiro atoms. The first kappa shape index (κ1) is 13.3. The first-order valence-electron chi connectivity index (χ1n) is 6.23. The average Bonchev–Trinajstić information content (AvgIpc) is 2.89. The molecule has 1 unspecified atom stereocenters. The Hall–Kier alpha value is -1.13. The molecule has 0 saturated carbocycles. The van der Waals surface area contributed by atoms with Crippen molar-refractivity contribution in [2.45, 2.75) is 26.3 Å². The monoisotopic (exact) mass is 307 g/mol. The number of hydrogen-bond acceptors (Lipinski definition) is 2. The molecule has 1 atom stereocenters. The second-order valence-electron chi connectivity index (χ2n) is 4.35. The summed E-state index contributed by atoms with van der Waals surface area (Å²) in [6.07, 6.45) is 6.74. The molecule has 18 heavy (non-hydrogen) atoms. The van der Waals surface area contributed by atoms with Crippen molar-refractivity contribution in [1.29, 1.82) is 0 Å². The Kier molecular flexibility index (Phi) is 4.55. The minimum absolute atomic E-state index is 0.329. The normalized spacial score (nSPS) is 12.6. The van der Waals surface area contributed by atoms with Crippen molar-refractivity contribution in [1.82, 2.24) is 14.9 Å². The van der Waals surface area contributed by atoms with Crippen LogP contribution in [0.3, 0.4) is 0 Å². The fourth-order valence-electron chi connectivity index (χ4n) is 1.98. The zero-order chi connectivity index (χ0) is 13.0. The third-order valence-electron chi connectivity index (χ3n) is 2.94. The highest BCUT2D eigenvalue weighted by atomic mass is 79.9. The van der Waals surface area contributed by atoms with Crippen LogP contribution in [0.15, 0.2) is 41.4 Å². The van der Waals surface area contributed by atoms with Crippen molar-refractivity contribution in [3.05, 3.63) is 47.0 Å². The van der Waals surface area contributed by atoms with Gasteiger partial charge in [-0.25, -0.2) is 4.98 Å². The van der Waals surface area contributed by atoms with Gasteiger partial charge >= 0.3 is 0 Å². The Bertz CT molecular complexity index is 494. The molecule has 2 aromatic rings. The fourth-order valence-corrected chi connectivity index (χ4v) is 2.33. The van der Waals surface area contributed by atoms with E-state index in [1.54, 1.807) is 6.20 Å². The standard InChI is InChI=1S/C14H18BrN3/c1-3-6-17-11(2)13-5-4-12(15)9-14(13)18-8-7-16-10-18/h4-5,7-11,17H,3,6H2,1-2H3. The second kappa shape index (κ2) is 6.16. The molecule has 0 aliphatic carbocycles. The summed E-state index contributed by atoms with van der Waals surface area (Å²) in [4.78, 5) is 4.12. The molecule has 0 fully saturated rings. The number of nitrogens with one attached hydrogen (secondary N) is 1. The molecule has 3 nitrogen and oxygen atoms in total. The molecule has 0 saturated heterocycles. The largest absolute Gasteiger partial charge is 0.310 e. The van der Waals surface area contributed by atoms with Gasteiger partial charge in [0.15, 0.2) is 0 Å². The van der Waals surface area contributed by atoms with Crippen LogP contribution in [-0.2, 0) is 0 Å². The number of aromatic nitrogens is 2. The Labute approximate surface area is 116 Å². The van der Waals surface area contributed by atoms with E-state index >= 15 is 0 Å². The van der Waals surface area contributed by atoms with E-state index in [-0.39, 0.29) is 0 Å². The maximum absolute atomic E-state index is 4.12. The van der Waals surface area contributed by atoms with Gasteiger partial charge in [-0.05, 0) is 37.6 Å². The lowest BCUT2D eigenvalue weighted by atomic mass is 10.1. The highest BCUT2D eigenvalue weighted by Gasteiger charge is 2.11. The van der Waals surface area contributed by atoms with Crippen LogP contribution in [0.5, 0.6) is 0 Å². The Morgan fingerprint density at radius 1 is 1.44 bits per heavy atom. The number of nitrogens with zero attached hydrogens (tertiary/aromatic N) is 2. The predicted molar refractivity (Wildman–Crippen MR) is 78.0 cm³/mol. The summed E-state index contributed by atoms with van der Waals surface area (Å²) in [6, 6.07) is 6.70. The Morgan fingerprint density at radius 3 is 2.94 bits per heavy atom. The SMILES string of the molecule is CCCNC(C)c1ccc(Br)cc1-n1ccnc1. The number of benzene rings is 1. The molecule has 1 heterocycles. The minimum atomic E-state index is 0.329. The summed E-state index contributed by atoms with van der Waals surface area (Å²) in [5.41, 5.74) is 2.45. The predicted octanol–water partition coefficient (Wildman–Crippen LogP) is 3.70. The third-order valence-corrected chi connectivity index (χ3v) is 3.44. The lowest BCUT2D eigenvalue weighted by molar-refractivity contribution is 0.568. The van der Waals surface area contributed by atoms with Crippen molar-refractivity contribution in [2.24, 2.45) is 0 Å². The first-order valence-corrected chi connectivity index (χ1v) is 7.03. The van der Waals surface area contributed by atoms with Gasteiger partial charge in [-0.1, -0.05) is 28.9 Å². The molecular weight excluding hydrogens is 290 g/mol. The highest BCUT2D eigenvalue weighted by Crippen LogP contribution is 2.25. The van der Waals surface area contributed by atoms with Gasteiger partial charge in [0, 0.05) is 22.9 Å². The zero-order valence-electron chi connectivity index (χ0n) is 10.7. The maximum Gasteiger partial charge on any atom is 0.0991 e. The van der Waals surface area contributed by atoms with Gasteiger partial charge in [-0.2, -0.15) is 0 Å². The van der Waals surface area contributed by atoms with Crippen LogP contribution in [-0.4, -0.2) is 16.1 Å². The van der Waals surface area contributed by atoms with Crippen molar-refractivity contribution >= 4 is 15.9 Å². The van der Waals surface area contributed by atoms with Gasteiger partial charge in [-0.3, -0.25) is 0 Å². The number of imidazole rings is 1. The van der Waals surface area contributed by atoms with Crippen LogP contribution < -0.4 is 5.32 Å². The molecule has 1 aromatic heterocycles. The summed E-state index contributed by atoms with van der Waals surface area (Å²) >= 11 is 3.53. The fraction of sp³-hybridized carbons (Fsp3) is 0.357. The summed E-state index contributed by atoms with van der Waals surface area (Å²) in [7, 11) is 0. The van der Waals surface area contributed by atoms with E-state index in [2.05, 4.69) is 58.3 Å². The van der Waals surface area contributed by atoms with E-state index in [0.29, 0.717) is 6.04 Å². The van der Waals surface area contributed by atoms with Crippen LogP contribution in [0.4, 0.5) is 0 Å². The van der Waals surface area contributed by atoms with Crippen molar-refractivity contribution in [2.75, 3.05) is 6.54 Å². The number of halogens is 1. The van der Waals surface area contributed by atoms with E-state index in [4.69, 9.17) is 0 Å². The van der Waals surface area contributed by atoms with E-state index in [9.17, 15) is 0 Å². The van der Waals surface area contributed by atoms with Gasteiger partial charge in [-0.15, -0.1) is 0 Å². The van der Waals surface area contributed by atoms with Crippen LogP contribution in [0.2, 0.25) is 0 Å². The van der Waals surface area contributed by atoms with Crippen LogP contribution in [0.1, 0.15) is 31.9 Å². The topological polar surface area (TPSA) is 29.9 Å². The van der Waals surface area contributed by atoms with Crippen LogP contribution >= 0.6 is 15.9 Å². The van der Waals surface area contributed by atoms with Gasteiger partial charge in [0.25, 0.3) is 0 Å². The smallest absolute Gasteiger partial charge is 0.0991 e. The quantitative estimate of drug-likeness (QED) is 0.913. The van der Waals surface area contributed by atoms with Crippen LogP contribution in [0, 0.1) is 0 Å². The molecule has 0 aliphatic heterocycles. The molecule has 1 aromatic carbocycles. The Morgan fingerprint density at radius 2 is 2.28 bits per heavy atom. The second-order valence-corrected chi connectivity index (χ2v) is 5.26. The van der Waals surface area contributed by atoms with Crippen molar-refractivity contribution < 1.29 is 0 Å². The lowest BCUT2D eigenvalue weighted by Gasteiger charge is -2.18. The molecule has 0 aliphatic rings. The third kappa shape index (κ3) is 3.00. The maximum atomic E-state index is 4.12. The summed E-state index contributed by atoms with van der Waals surface area (Å²) < 4.78 is 3.13. The molecule has 2 rings (SSSR count). The van der Waals surface area contributed by atoms with Gasteiger partial charge < -0.3 is 9.88 Å². The highest BCUT2D eigenvalue weighted by molar-refractivity contribution is 9.10. The molecule has 0 amide bonds. The molecule has 96 valence electrons. The average molecular weight is 308 g/mol. The molecular formula is C14H18BrN3. The van der Waals surface area contributed by atoms with E-state index < -0.39 is 0 Å². The molecule has 0 radical (unpaired) electrons. The zero-order valence-corrected chi connectivity index (χ0v) is 12.3. The van der Waals surface area contributed by atoms with Crippen molar-refractivity contribution in [3.8, 4) is 5.69 Å². The number of rotatable bonds is 5. The summed E-state index contributed by atoms with van der Waals surface area (Å²) in [5, 5.41) is 3.52. The van der Waals surface area contributed by atoms with E-state index in [1.807, 2.05) is 17.1 Å². The number of hydrogen-bond donors (Lipinski definition) is 1. The van der Waals surface area contributed by atoms with Gasteiger partial charge in [0.2, 0.25) is 0 Å². The lowest BCUT2D eigenvalue weighted by Crippen LogP contribution is -2.20. The minimum Gasteiger partial charge on any atom is -0.310 e. The summed E-state index contributed by atoms with van der Waals surface area (Å²) in [5.74, 6) is 0. The van der Waals surface area contributed by atoms with Crippen LogP contribution in [0.25, 0.3) is 5.69 Å². The first-order chi connectivity index (χ1) is 8.72.